The molecule has 0 aliphatic rings. The van der Waals surface area contributed by atoms with Gasteiger partial charge in [-0.3, -0.25) is 19.3 Å². The van der Waals surface area contributed by atoms with E-state index in [0.717, 1.165) is 9.37 Å². The number of amides is 3. The van der Waals surface area contributed by atoms with Crippen molar-refractivity contribution in [3.05, 3.63) is 34.3 Å². The number of carbonyl (C=O) groups is 5. The minimum absolute atomic E-state index is 0.302. The Morgan fingerprint density at radius 1 is 1.03 bits per heavy atom. The van der Waals surface area contributed by atoms with Gasteiger partial charge in [-0.1, -0.05) is 41.9 Å². The highest BCUT2D eigenvalue weighted by molar-refractivity contribution is 9.10. The highest BCUT2D eigenvalue weighted by Crippen LogP contribution is 2.12. The average molecular weight is 528 g/mol. The summed E-state index contributed by atoms with van der Waals surface area (Å²) in [6, 6.07) is 5.43. The topological polar surface area (TPSA) is 142 Å². The second-order valence-electron chi connectivity index (χ2n) is 8.67. The number of Topliss-reactive ketones (excluding diaryl/α,β-unsaturated/α-hetero) is 1. The third-order valence-electron chi connectivity index (χ3n) is 4.18. The van der Waals surface area contributed by atoms with Crippen molar-refractivity contribution in [3.8, 4) is 0 Å². The van der Waals surface area contributed by atoms with E-state index in [9.17, 15) is 29.1 Å². The van der Waals surface area contributed by atoms with Gasteiger partial charge in [0.05, 0.1) is 6.54 Å². The first-order valence-corrected chi connectivity index (χ1v) is 11.0. The normalized spacial score (nSPS) is 12.0. The summed E-state index contributed by atoms with van der Waals surface area (Å²) in [7, 11) is 0. The molecule has 11 heteroatoms. The second kappa shape index (κ2) is 12.3. The van der Waals surface area contributed by atoms with Gasteiger partial charge in [0.2, 0.25) is 11.8 Å². The quantitative estimate of drug-likeness (QED) is 0.396. The standard InChI is InChI=1S/C22H30BrN3O7/c1-13(2)19(20(30)31)25-18(29)12-26(21(32)33-22(3,4)5)11-17(28)24-10-16(27)14-6-8-15(23)9-7-14/h6-9,13,19H,10-12H2,1-5H3,(H,24,28)(H,25,29)(H,30,31)/t19-/m1/s1. The monoisotopic (exact) mass is 527 g/mol. The van der Waals surface area contributed by atoms with Crippen LogP contribution in [0.2, 0.25) is 0 Å². The molecule has 0 bridgehead atoms. The number of carboxylic acids is 1. The van der Waals surface area contributed by atoms with Gasteiger partial charge in [-0.25, -0.2) is 9.59 Å². The molecule has 3 N–H and O–H groups in total. The smallest absolute Gasteiger partial charge is 0.411 e. The van der Waals surface area contributed by atoms with Crippen LogP contribution < -0.4 is 10.6 Å². The molecule has 0 radical (unpaired) electrons. The number of hydrogen-bond acceptors (Lipinski definition) is 6. The number of carbonyl (C=O) groups excluding carboxylic acids is 4. The van der Waals surface area contributed by atoms with E-state index in [1.807, 2.05) is 0 Å². The van der Waals surface area contributed by atoms with Gasteiger partial charge in [0.15, 0.2) is 5.78 Å². The van der Waals surface area contributed by atoms with Crippen molar-refractivity contribution in [1.82, 2.24) is 15.5 Å². The van der Waals surface area contributed by atoms with Crippen LogP contribution >= 0.6 is 15.9 Å². The molecule has 0 spiro atoms. The molecular formula is C22H30BrN3O7. The van der Waals surface area contributed by atoms with E-state index in [2.05, 4.69) is 26.6 Å². The number of rotatable bonds is 10. The highest BCUT2D eigenvalue weighted by atomic mass is 79.9. The van der Waals surface area contributed by atoms with Gasteiger partial charge < -0.3 is 20.5 Å². The van der Waals surface area contributed by atoms with Crippen LogP contribution in [0, 0.1) is 5.92 Å². The lowest BCUT2D eigenvalue weighted by molar-refractivity contribution is -0.143. The third-order valence-corrected chi connectivity index (χ3v) is 4.71. The van der Waals surface area contributed by atoms with E-state index in [1.54, 1.807) is 58.9 Å². The number of aliphatic carboxylic acids is 1. The lowest BCUT2D eigenvalue weighted by Gasteiger charge is -2.27. The van der Waals surface area contributed by atoms with Crippen LogP contribution in [-0.4, -0.2) is 70.9 Å². The largest absolute Gasteiger partial charge is 0.480 e. The summed E-state index contributed by atoms with van der Waals surface area (Å²) in [5, 5.41) is 14.0. The fourth-order valence-corrected chi connectivity index (χ4v) is 2.83. The molecule has 1 aromatic carbocycles. The average Bonchev–Trinajstić information content (AvgIpc) is 2.68. The van der Waals surface area contributed by atoms with Gasteiger partial charge >= 0.3 is 12.1 Å². The van der Waals surface area contributed by atoms with Crippen LogP contribution in [0.25, 0.3) is 0 Å². The minimum Gasteiger partial charge on any atom is -0.480 e. The Balaban J connectivity index is 2.82. The van der Waals surface area contributed by atoms with Gasteiger partial charge in [-0.15, -0.1) is 0 Å². The molecule has 0 heterocycles. The zero-order chi connectivity index (χ0) is 25.3. The maximum atomic E-state index is 12.5. The Labute approximate surface area is 201 Å². The molecule has 182 valence electrons. The van der Waals surface area contributed by atoms with E-state index >= 15 is 0 Å². The summed E-state index contributed by atoms with van der Waals surface area (Å²) in [6.45, 7) is 6.66. The predicted molar refractivity (Wildman–Crippen MR) is 124 cm³/mol. The number of hydrogen-bond donors (Lipinski definition) is 3. The molecule has 3 amide bonds. The van der Waals surface area contributed by atoms with Crippen molar-refractivity contribution in [2.45, 2.75) is 46.3 Å². The number of nitrogens with one attached hydrogen (secondary N) is 2. The van der Waals surface area contributed by atoms with E-state index in [-0.39, 0.29) is 12.3 Å². The van der Waals surface area contributed by atoms with Crippen molar-refractivity contribution in [3.63, 3.8) is 0 Å². The zero-order valence-electron chi connectivity index (χ0n) is 19.3. The zero-order valence-corrected chi connectivity index (χ0v) is 20.9. The molecule has 0 aliphatic carbocycles. The lowest BCUT2D eigenvalue weighted by atomic mass is 10.0. The van der Waals surface area contributed by atoms with E-state index in [4.69, 9.17) is 4.74 Å². The number of ether oxygens (including phenoxy) is 1. The molecule has 0 unspecified atom stereocenters. The number of halogens is 1. The minimum atomic E-state index is -1.22. The lowest BCUT2D eigenvalue weighted by Crippen LogP contribution is -2.51. The van der Waals surface area contributed by atoms with Crippen LogP contribution in [0.4, 0.5) is 4.79 Å². The molecule has 33 heavy (non-hydrogen) atoms. The second-order valence-corrected chi connectivity index (χ2v) is 9.59. The van der Waals surface area contributed by atoms with Crippen LogP contribution in [0.3, 0.4) is 0 Å². The van der Waals surface area contributed by atoms with Gasteiger partial charge in [0.1, 0.15) is 24.7 Å². The van der Waals surface area contributed by atoms with E-state index < -0.39 is 54.5 Å². The first kappa shape index (κ1) is 28.1. The van der Waals surface area contributed by atoms with Crippen LogP contribution in [0.15, 0.2) is 28.7 Å². The number of carboxylic acid groups (broad SMARTS) is 1. The van der Waals surface area contributed by atoms with Gasteiger partial charge in [-0.2, -0.15) is 0 Å². The molecular weight excluding hydrogens is 498 g/mol. The Bertz CT molecular complexity index is 879. The molecule has 0 saturated heterocycles. The van der Waals surface area contributed by atoms with Gasteiger partial charge in [0, 0.05) is 10.0 Å². The predicted octanol–water partition coefficient (Wildman–Crippen LogP) is 2.21. The Kier molecular flexibility index (Phi) is 10.5. The Morgan fingerprint density at radius 3 is 2.06 bits per heavy atom. The first-order chi connectivity index (χ1) is 15.2. The Morgan fingerprint density at radius 2 is 1.58 bits per heavy atom. The molecule has 0 fully saturated rings. The highest BCUT2D eigenvalue weighted by Gasteiger charge is 2.29. The fourth-order valence-electron chi connectivity index (χ4n) is 2.56. The maximum absolute atomic E-state index is 12.5. The van der Waals surface area contributed by atoms with Crippen LogP contribution in [0.1, 0.15) is 45.0 Å². The van der Waals surface area contributed by atoms with Crippen LogP contribution in [0.5, 0.6) is 0 Å². The molecule has 10 nitrogen and oxygen atoms in total. The van der Waals surface area contributed by atoms with Crippen molar-refractivity contribution in [1.29, 1.82) is 0 Å². The van der Waals surface area contributed by atoms with E-state index in [1.165, 1.54) is 0 Å². The van der Waals surface area contributed by atoms with Crippen molar-refractivity contribution >= 4 is 45.6 Å². The van der Waals surface area contributed by atoms with Crippen molar-refractivity contribution in [2.75, 3.05) is 19.6 Å². The number of benzene rings is 1. The maximum Gasteiger partial charge on any atom is 0.411 e. The molecule has 1 atom stereocenters. The summed E-state index contributed by atoms with van der Waals surface area (Å²) in [6.07, 6.45) is -0.927. The molecule has 0 aromatic heterocycles. The van der Waals surface area contributed by atoms with Crippen molar-refractivity contribution < 1.29 is 33.8 Å². The van der Waals surface area contributed by atoms with Crippen molar-refractivity contribution in [2.24, 2.45) is 5.92 Å². The van der Waals surface area contributed by atoms with Gasteiger partial charge in [0.25, 0.3) is 0 Å². The summed E-state index contributed by atoms with van der Waals surface area (Å²) < 4.78 is 6.05. The third kappa shape index (κ3) is 10.5. The Hall–Kier alpha value is -2.95. The fraction of sp³-hybridized carbons (Fsp3) is 0.500. The summed E-state index contributed by atoms with van der Waals surface area (Å²) in [5.74, 6) is -3.39. The SMILES string of the molecule is CC(C)[C@@H](NC(=O)CN(CC(=O)NCC(=O)c1ccc(Br)cc1)C(=O)OC(C)(C)C)C(=O)O. The number of ketones is 1. The molecule has 0 aliphatic heterocycles. The summed E-state index contributed by atoms with van der Waals surface area (Å²) in [5.41, 5.74) is -0.489. The first-order valence-electron chi connectivity index (χ1n) is 10.2. The van der Waals surface area contributed by atoms with Crippen LogP contribution in [-0.2, 0) is 19.1 Å². The molecule has 0 saturated carbocycles. The molecule has 1 rings (SSSR count). The number of nitrogens with zero attached hydrogens (tertiary/aromatic N) is 1. The summed E-state index contributed by atoms with van der Waals surface area (Å²) in [4.78, 5) is 61.7. The van der Waals surface area contributed by atoms with Gasteiger partial charge in [-0.05, 0) is 38.8 Å². The summed E-state index contributed by atoms with van der Waals surface area (Å²) >= 11 is 3.27. The van der Waals surface area contributed by atoms with E-state index in [0.29, 0.717) is 5.56 Å². The molecule has 1 aromatic rings.